The van der Waals surface area contributed by atoms with Gasteiger partial charge in [-0.2, -0.15) is 4.68 Å². The van der Waals surface area contributed by atoms with Crippen LogP contribution in [0.2, 0.25) is 0 Å². The fourth-order valence-electron chi connectivity index (χ4n) is 1.16. The number of rotatable bonds is 2. The maximum Gasteiger partial charge on any atom is 0.444 e. The van der Waals surface area contributed by atoms with Gasteiger partial charge in [0.15, 0.2) is 0 Å². The molecule has 0 aliphatic carbocycles. The van der Waals surface area contributed by atoms with Crippen molar-refractivity contribution in [1.82, 2.24) is 9.78 Å². The molecule has 6 heteroatoms. The van der Waals surface area contributed by atoms with Gasteiger partial charge in [0.25, 0.3) is 0 Å². The van der Waals surface area contributed by atoms with Crippen LogP contribution >= 0.6 is 0 Å². The van der Waals surface area contributed by atoms with E-state index in [-0.39, 0.29) is 6.08 Å². The topological polar surface area (TPSA) is 83.3 Å². The average Bonchev–Trinajstić information content (AvgIpc) is 2.60. The van der Waals surface area contributed by atoms with E-state index in [2.05, 4.69) is 5.10 Å². The summed E-state index contributed by atoms with van der Waals surface area (Å²) in [6, 6.07) is 6.74. The second kappa shape index (κ2) is 3.49. The highest BCUT2D eigenvalue weighted by Gasteiger charge is 2.09. The van der Waals surface area contributed by atoms with Crippen molar-refractivity contribution in [3.63, 3.8) is 0 Å². The number of nitrogen functional groups attached to an aromatic ring is 1. The Morgan fingerprint density at radius 2 is 2.33 bits per heavy atom. The first-order chi connectivity index (χ1) is 7.20. The van der Waals surface area contributed by atoms with Gasteiger partial charge in [0.2, 0.25) is 0 Å². The van der Waals surface area contributed by atoms with E-state index in [4.69, 9.17) is 14.9 Å². The molecule has 15 heavy (non-hydrogen) atoms. The molecular weight excluding hydrogens is 198 g/mol. The number of anilines is 1. The minimum absolute atomic E-state index is 0.0811. The predicted octanol–water partition coefficient (Wildman–Crippen LogP) is 0.416. The molecule has 0 fully saturated rings. The Hall–Kier alpha value is -2.24. The molecule has 0 aliphatic rings. The van der Waals surface area contributed by atoms with Crippen LogP contribution in [0.3, 0.4) is 0 Å². The van der Waals surface area contributed by atoms with E-state index < -0.39 is 5.76 Å². The zero-order chi connectivity index (χ0) is 10.8. The molecule has 6 nitrogen and oxygen atoms in total. The molecule has 0 aliphatic heterocycles. The number of benzene rings is 1. The zero-order valence-electron chi connectivity index (χ0n) is 8.01. The fraction of sp³-hybridized carbons (Fsp3) is 0.111. The maximum absolute atomic E-state index is 11.3. The van der Waals surface area contributed by atoms with Gasteiger partial charge in [-0.25, -0.2) is 4.79 Å². The molecule has 0 unspecified atom stereocenters. The summed E-state index contributed by atoms with van der Waals surface area (Å²) in [7, 11) is 1.37. The summed E-state index contributed by atoms with van der Waals surface area (Å²) in [6.45, 7) is 0. The largest absolute Gasteiger partial charge is 0.452 e. The van der Waals surface area contributed by atoms with E-state index in [0.717, 1.165) is 4.68 Å². The summed E-state index contributed by atoms with van der Waals surface area (Å²) < 4.78 is 10.5. The second-order valence-corrected chi connectivity index (χ2v) is 2.84. The van der Waals surface area contributed by atoms with Crippen LogP contribution in [0.25, 0.3) is 5.69 Å². The summed E-state index contributed by atoms with van der Waals surface area (Å²) in [5.41, 5.74) is 6.66. The summed E-state index contributed by atoms with van der Waals surface area (Å²) in [5, 5.41) is 3.80. The highest BCUT2D eigenvalue weighted by Crippen LogP contribution is 2.11. The smallest absolute Gasteiger partial charge is 0.444 e. The van der Waals surface area contributed by atoms with Crippen molar-refractivity contribution < 1.29 is 9.15 Å². The quantitative estimate of drug-likeness (QED) is 0.721. The lowest BCUT2D eigenvalue weighted by Crippen LogP contribution is -2.13. The monoisotopic (exact) mass is 207 g/mol. The first-order valence-corrected chi connectivity index (χ1v) is 4.21. The van der Waals surface area contributed by atoms with Gasteiger partial charge < -0.3 is 14.9 Å². The van der Waals surface area contributed by atoms with Crippen molar-refractivity contribution in [3.8, 4) is 11.8 Å². The van der Waals surface area contributed by atoms with Crippen molar-refractivity contribution in [3.05, 3.63) is 34.8 Å². The number of nitrogens with two attached hydrogens (primary N) is 1. The highest BCUT2D eigenvalue weighted by atomic mass is 16.6. The minimum Gasteiger partial charge on any atom is -0.452 e. The van der Waals surface area contributed by atoms with Gasteiger partial charge in [0, 0.05) is 5.69 Å². The molecule has 1 heterocycles. The molecule has 0 radical (unpaired) electrons. The Labute approximate surface area is 84.9 Å². The third kappa shape index (κ3) is 1.69. The van der Waals surface area contributed by atoms with Gasteiger partial charge in [-0.15, -0.1) is 0 Å². The first kappa shape index (κ1) is 9.32. The molecule has 0 saturated heterocycles. The van der Waals surface area contributed by atoms with Crippen LogP contribution in [0.1, 0.15) is 0 Å². The minimum atomic E-state index is -0.613. The summed E-state index contributed by atoms with van der Waals surface area (Å²) in [4.78, 5) is 11.3. The first-order valence-electron chi connectivity index (χ1n) is 4.21. The lowest BCUT2D eigenvalue weighted by atomic mass is 10.3. The molecule has 2 rings (SSSR count). The molecule has 1 aromatic heterocycles. The average molecular weight is 207 g/mol. The van der Waals surface area contributed by atoms with Crippen molar-refractivity contribution in [2.45, 2.75) is 0 Å². The molecule has 78 valence electrons. The van der Waals surface area contributed by atoms with Gasteiger partial charge in [0.1, 0.15) is 0 Å². The third-order valence-electron chi connectivity index (χ3n) is 1.82. The Kier molecular flexibility index (Phi) is 2.17. The van der Waals surface area contributed by atoms with E-state index in [1.807, 2.05) is 0 Å². The van der Waals surface area contributed by atoms with E-state index in [1.165, 1.54) is 7.11 Å². The number of hydrogen-bond acceptors (Lipinski definition) is 5. The second-order valence-electron chi connectivity index (χ2n) is 2.84. The zero-order valence-corrected chi connectivity index (χ0v) is 8.01. The van der Waals surface area contributed by atoms with E-state index >= 15 is 0 Å². The summed E-state index contributed by atoms with van der Waals surface area (Å²) in [6.07, 6.45) is -0.0811. The van der Waals surface area contributed by atoms with Crippen molar-refractivity contribution in [2.75, 3.05) is 12.8 Å². The molecule has 0 saturated carbocycles. The van der Waals surface area contributed by atoms with Gasteiger partial charge in [-0.3, -0.25) is 0 Å². The van der Waals surface area contributed by atoms with Crippen LogP contribution in [-0.4, -0.2) is 16.9 Å². The van der Waals surface area contributed by atoms with Gasteiger partial charge in [-0.1, -0.05) is 11.2 Å². The van der Waals surface area contributed by atoms with Gasteiger partial charge >= 0.3 is 11.8 Å². The Balaban J connectivity index is 2.54. The molecular formula is C9H9N3O3. The van der Waals surface area contributed by atoms with E-state index in [1.54, 1.807) is 24.3 Å². The number of methoxy groups -OCH3 is 1. The summed E-state index contributed by atoms with van der Waals surface area (Å²) >= 11 is 0. The van der Waals surface area contributed by atoms with Crippen molar-refractivity contribution in [1.29, 1.82) is 0 Å². The Morgan fingerprint density at radius 3 is 2.93 bits per heavy atom. The Bertz CT molecular complexity index is 529. The molecule has 0 spiro atoms. The molecule has 1 aromatic carbocycles. The third-order valence-corrected chi connectivity index (χ3v) is 1.82. The van der Waals surface area contributed by atoms with Crippen LogP contribution in [0, 0.1) is 0 Å². The number of ether oxygens (including phenoxy) is 1. The predicted molar refractivity (Wildman–Crippen MR) is 53.1 cm³/mol. The number of hydrogen-bond donors (Lipinski definition) is 1. The normalized spacial score (nSPS) is 10.2. The lowest BCUT2D eigenvalue weighted by molar-refractivity contribution is 0.282. The van der Waals surface area contributed by atoms with Crippen molar-refractivity contribution in [2.24, 2.45) is 0 Å². The van der Waals surface area contributed by atoms with Crippen LogP contribution in [-0.2, 0) is 0 Å². The SMILES string of the molecule is COc1nn(-c2cccc(N)c2)c(=O)o1. The van der Waals surface area contributed by atoms with Crippen LogP contribution in [0.5, 0.6) is 6.08 Å². The van der Waals surface area contributed by atoms with Crippen LogP contribution in [0.15, 0.2) is 33.5 Å². The van der Waals surface area contributed by atoms with E-state index in [0.29, 0.717) is 11.4 Å². The van der Waals surface area contributed by atoms with E-state index in [9.17, 15) is 4.79 Å². The van der Waals surface area contributed by atoms with Crippen LogP contribution in [0.4, 0.5) is 5.69 Å². The molecule has 0 atom stereocenters. The number of nitrogens with zero attached hydrogens (tertiary/aromatic N) is 2. The summed E-state index contributed by atoms with van der Waals surface area (Å²) in [5.74, 6) is -0.613. The maximum atomic E-state index is 11.3. The van der Waals surface area contributed by atoms with Gasteiger partial charge in [0.05, 0.1) is 12.8 Å². The molecule has 0 amide bonds. The molecule has 0 bridgehead atoms. The van der Waals surface area contributed by atoms with Crippen LogP contribution < -0.4 is 16.2 Å². The molecule has 2 aromatic rings. The standard InChI is InChI=1S/C9H9N3O3/c1-14-8-11-12(9(13)15-8)7-4-2-3-6(10)5-7/h2-5H,10H2,1H3. The molecule has 2 N–H and O–H groups in total. The fourth-order valence-corrected chi connectivity index (χ4v) is 1.16. The highest BCUT2D eigenvalue weighted by molar-refractivity contribution is 5.46. The number of aromatic nitrogens is 2. The van der Waals surface area contributed by atoms with Gasteiger partial charge in [-0.05, 0) is 18.2 Å². The lowest BCUT2D eigenvalue weighted by Gasteiger charge is -1.98. The Morgan fingerprint density at radius 1 is 1.53 bits per heavy atom. The van der Waals surface area contributed by atoms with Crippen molar-refractivity contribution >= 4 is 5.69 Å².